The van der Waals surface area contributed by atoms with E-state index in [1.807, 2.05) is 0 Å². The van der Waals surface area contributed by atoms with Crippen LogP contribution in [0.2, 0.25) is 5.02 Å². The molecular weight excluding hydrogens is 370 g/mol. The maximum atomic E-state index is 12.2. The van der Waals surface area contributed by atoms with E-state index in [-0.39, 0.29) is 11.3 Å². The lowest BCUT2D eigenvalue weighted by Gasteiger charge is -2.33. The topological polar surface area (TPSA) is 61.4 Å². The standard InChI is InChI=1S/C18H24ClN5OS/c1-18(2,3)16-21-22-17(26-16)24-10-8-23(9-11-24)12-15(25)20-14-6-4-13(19)5-7-14/h4-7H,8-12H2,1-3H3,(H,20,25). The fourth-order valence-corrected chi connectivity index (χ4v) is 3.76. The van der Waals surface area contributed by atoms with Crippen molar-refractivity contribution in [2.45, 2.75) is 26.2 Å². The van der Waals surface area contributed by atoms with E-state index in [1.54, 1.807) is 35.6 Å². The summed E-state index contributed by atoms with van der Waals surface area (Å²) in [5, 5.41) is 14.3. The molecule has 0 aliphatic carbocycles. The largest absolute Gasteiger partial charge is 0.344 e. The number of nitrogens with zero attached hydrogens (tertiary/aromatic N) is 4. The molecule has 1 aromatic carbocycles. The molecule has 8 heteroatoms. The zero-order valence-corrected chi connectivity index (χ0v) is 16.9. The minimum Gasteiger partial charge on any atom is -0.344 e. The van der Waals surface area contributed by atoms with Crippen LogP contribution < -0.4 is 10.2 Å². The van der Waals surface area contributed by atoms with Gasteiger partial charge in [0.25, 0.3) is 0 Å². The van der Waals surface area contributed by atoms with Crippen LogP contribution in [0.3, 0.4) is 0 Å². The van der Waals surface area contributed by atoms with Crippen molar-refractivity contribution in [3.8, 4) is 0 Å². The second-order valence-electron chi connectivity index (χ2n) is 7.46. The summed E-state index contributed by atoms with van der Waals surface area (Å²) < 4.78 is 0. The minimum atomic E-state index is -0.00768. The van der Waals surface area contributed by atoms with Gasteiger partial charge in [0.1, 0.15) is 5.01 Å². The Bertz CT molecular complexity index is 748. The smallest absolute Gasteiger partial charge is 0.238 e. The van der Waals surface area contributed by atoms with Gasteiger partial charge in [-0.15, -0.1) is 10.2 Å². The Kier molecular flexibility index (Phi) is 5.79. The zero-order valence-electron chi connectivity index (χ0n) is 15.3. The fraction of sp³-hybridized carbons (Fsp3) is 0.500. The molecule has 1 aliphatic heterocycles. The van der Waals surface area contributed by atoms with Crippen LogP contribution in [0.15, 0.2) is 24.3 Å². The first kappa shape index (κ1) is 19.1. The summed E-state index contributed by atoms with van der Waals surface area (Å²) in [6.07, 6.45) is 0. The Morgan fingerprint density at radius 2 is 1.81 bits per heavy atom. The normalized spacial score (nSPS) is 15.9. The van der Waals surface area contributed by atoms with E-state index in [4.69, 9.17) is 11.6 Å². The summed E-state index contributed by atoms with van der Waals surface area (Å²) in [7, 11) is 0. The van der Waals surface area contributed by atoms with Crippen LogP contribution in [0, 0.1) is 0 Å². The van der Waals surface area contributed by atoms with E-state index in [1.165, 1.54) is 0 Å². The molecule has 1 amide bonds. The Hall–Kier alpha value is -1.70. The first-order chi connectivity index (χ1) is 12.3. The van der Waals surface area contributed by atoms with Crippen LogP contribution in [0.4, 0.5) is 10.8 Å². The number of piperazine rings is 1. The number of aromatic nitrogens is 2. The van der Waals surface area contributed by atoms with Gasteiger partial charge in [-0.25, -0.2) is 0 Å². The summed E-state index contributed by atoms with van der Waals surface area (Å²) >= 11 is 7.52. The van der Waals surface area contributed by atoms with Crippen molar-refractivity contribution >= 4 is 39.7 Å². The Labute approximate surface area is 163 Å². The molecule has 0 saturated carbocycles. The molecule has 0 radical (unpaired) electrons. The van der Waals surface area contributed by atoms with Gasteiger partial charge in [-0.3, -0.25) is 9.69 Å². The second kappa shape index (κ2) is 7.90. The van der Waals surface area contributed by atoms with E-state index in [0.717, 1.165) is 42.0 Å². The maximum absolute atomic E-state index is 12.2. The highest BCUT2D eigenvalue weighted by Gasteiger charge is 2.24. The summed E-state index contributed by atoms with van der Waals surface area (Å²) in [4.78, 5) is 16.6. The summed E-state index contributed by atoms with van der Waals surface area (Å²) in [6.45, 7) is 10.2. The highest BCUT2D eigenvalue weighted by atomic mass is 35.5. The zero-order chi connectivity index (χ0) is 18.7. The van der Waals surface area contributed by atoms with Gasteiger partial charge >= 0.3 is 0 Å². The van der Waals surface area contributed by atoms with Crippen LogP contribution in [-0.2, 0) is 10.2 Å². The monoisotopic (exact) mass is 393 g/mol. The molecule has 6 nitrogen and oxygen atoms in total. The number of amides is 1. The molecule has 1 fully saturated rings. The van der Waals surface area contributed by atoms with E-state index in [2.05, 4.69) is 46.1 Å². The summed E-state index contributed by atoms with van der Waals surface area (Å²) in [6, 6.07) is 7.15. The number of hydrogen-bond acceptors (Lipinski definition) is 6. The number of rotatable bonds is 4. The lowest BCUT2D eigenvalue weighted by Crippen LogP contribution is -2.48. The SMILES string of the molecule is CC(C)(C)c1nnc(N2CCN(CC(=O)Nc3ccc(Cl)cc3)CC2)s1. The van der Waals surface area contributed by atoms with Crippen LogP contribution in [0.1, 0.15) is 25.8 Å². The molecule has 0 bridgehead atoms. The third-order valence-electron chi connectivity index (χ3n) is 4.19. The summed E-state index contributed by atoms with van der Waals surface area (Å²) in [5.41, 5.74) is 0.791. The van der Waals surface area contributed by atoms with Crippen LogP contribution >= 0.6 is 22.9 Å². The van der Waals surface area contributed by atoms with Gasteiger partial charge in [0.05, 0.1) is 6.54 Å². The van der Waals surface area contributed by atoms with Crippen LogP contribution in [0.5, 0.6) is 0 Å². The van der Waals surface area contributed by atoms with Crippen molar-refractivity contribution in [1.82, 2.24) is 15.1 Å². The summed E-state index contributed by atoms with van der Waals surface area (Å²) in [5.74, 6) is -0.00768. The molecule has 140 valence electrons. The first-order valence-corrected chi connectivity index (χ1v) is 9.87. The Morgan fingerprint density at radius 1 is 1.15 bits per heavy atom. The number of benzene rings is 1. The number of hydrogen-bond donors (Lipinski definition) is 1. The van der Waals surface area contributed by atoms with Crippen molar-refractivity contribution in [2.75, 3.05) is 42.9 Å². The van der Waals surface area contributed by atoms with Gasteiger partial charge in [0.2, 0.25) is 11.0 Å². The number of carbonyl (C=O) groups excluding carboxylic acids is 1. The molecule has 1 N–H and O–H groups in total. The first-order valence-electron chi connectivity index (χ1n) is 8.68. The van der Waals surface area contributed by atoms with E-state index in [9.17, 15) is 4.79 Å². The van der Waals surface area contributed by atoms with Gasteiger partial charge in [0.15, 0.2) is 0 Å². The van der Waals surface area contributed by atoms with E-state index >= 15 is 0 Å². The van der Waals surface area contributed by atoms with Crippen LogP contribution in [-0.4, -0.2) is 53.7 Å². The molecule has 1 saturated heterocycles. The van der Waals surface area contributed by atoms with Gasteiger partial charge in [-0.1, -0.05) is 43.7 Å². The number of nitrogens with one attached hydrogen (secondary N) is 1. The Morgan fingerprint density at radius 3 is 2.38 bits per heavy atom. The molecule has 1 aromatic heterocycles. The molecular formula is C18H24ClN5OS. The number of carbonyl (C=O) groups is 1. The fourth-order valence-electron chi connectivity index (χ4n) is 2.68. The third kappa shape index (κ3) is 4.93. The van der Waals surface area contributed by atoms with Crippen molar-refractivity contribution in [3.05, 3.63) is 34.3 Å². The van der Waals surface area contributed by atoms with E-state index < -0.39 is 0 Å². The molecule has 2 aromatic rings. The van der Waals surface area contributed by atoms with Crippen molar-refractivity contribution in [3.63, 3.8) is 0 Å². The van der Waals surface area contributed by atoms with Crippen LogP contribution in [0.25, 0.3) is 0 Å². The average Bonchev–Trinajstić information content (AvgIpc) is 3.08. The second-order valence-corrected chi connectivity index (χ2v) is 8.85. The van der Waals surface area contributed by atoms with Gasteiger partial charge < -0.3 is 10.2 Å². The predicted molar refractivity (Wildman–Crippen MR) is 107 cm³/mol. The quantitative estimate of drug-likeness (QED) is 0.863. The lowest BCUT2D eigenvalue weighted by molar-refractivity contribution is -0.117. The molecule has 3 rings (SSSR count). The van der Waals surface area contributed by atoms with Gasteiger partial charge in [-0.05, 0) is 24.3 Å². The predicted octanol–water partition coefficient (Wildman–Crippen LogP) is 3.25. The Balaban J connectivity index is 1.48. The highest BCUT2D eigenvalue weighted by molar-refractivity contribution is 7.15. The molecule has 26 heavy (non-hydrogen) atoms. The third-order valence-corrected chi connectivity index (χ3v) is 5.86. The lowest BCUT2D eigenvalue weighted by atomic mass is 9.98. The molecule has 0 spiro atoms. The molecule has 1 aliphatic rings. The molecule has 2 heterocycles. The van der Waals surface area contributed by atoms with Crippen molar-refractivity contribution < 1.29 is 4.79 Å². The number of halogens is 1. The number of anilines is 2. The van der Waals surface area contributed by atoms with Crippen molar-refractivity contribution in [2.24, 2.45) is 0 Å². The molecule has 0 unspecified atom stereocenters. The highest BCUT2D eigenvalue weighted by Crippen LogP contribution is 2.30. The maximum Gasteiger partial charge on any atom is 0.238 e. The minimum absolute atomic E-state index is 0.00768. The molecule has 0 atom stereocenters. The van der Waals surface area contributed by atoms with Gasteiger partial charge in [0, 0.05) is 42.3 Å². The van der Waals surface area contributed by atoms with Gasteiger partial charge in [-0.2, -0.15) is 0 Å². The average molecular weight is 394 g/mol. The van der Waals surface area contributed by atoms with Crippen molar-refractivity contribution in [1.29, 1.82) is 0 Å². The van der Waals surface area contributed by atoms with E-state index in [0.29, 0.717) is 11.6 Å².